The van der Waals surface area contributed by atoms with Crippen LogP contribution in [0.25, 0.3) is 5.82 Å². The van der Waals surface area contributed by atoms with E-state index in [0.29, 0.717) is 17.7 Å². The fourth-order valence-electron chi connectivity index (χ4n) is 2.19. The third kappa shape index (κ3) is 3.67. The van der Waals surface area contributed by atoms with Gasteiger partial charge in [0.05, 0.1) is 10.5 Å². The van der Waals surface area contributed by atoms with Gasteiger partial charge in [-0.15, -0.1) is 0 Å². The number of rotatable bonds is 4. The first-order valence-corrected chi connectivity index (χ1v) is 8.67. The van der Waals surface area contributed by atoms with Crippen LogP contribution in [-0.4, -0.2) is 27.9 Å². The molecule has 0 aliphatic carbocycles. The summed E-state index contributed by atoms with van der Waals surface area (Å²) in [7, 11) is -4.26. The molecule has 2 heterocycles. The predicted molar refractivity (Wildman–Crippen MR) is 86.1 cm³/mol. The summed E-state index contributed by atoms with van der Waals surface area (Å²) in [5.74, 6) is 0.896. The highest BCUT2D eigenvalue weighted by atomic mass is 32.2. The average Bonchev–Trinajstić information content (AvgIpc) is 3.00. The monoisotopic (exact) mass is 383 g/mol. The van der Waals surface area contributed by atoms with Crippen molar-refractivity contribution in [3.8, 4) is 5.82 Å². The summed E-state index contributed by atoms with van der Waals surface area (Å²) in [4.78, 5) is 11.3. The van der Waals surface area contributed by atoms with Crippen molar-refractivity contribution in [3.05, 3.63) is 60.4 Å². The van der Waals surface area contributed by atoms with E-state index >= 15 is 0 Å². The SMILES string of the molecule is Cc1nccn1-c1cc(NS(=O)(=O)c2cccc(C(F)(F)F)c2)ncn1. The number of imidazole rings is 1. The van der Waals surface area contributed by atoms with E-state index in [4.69, 9.17) is 0 Å². The van der Waals surface area contributed by atoms with Crippen LogP contribution in [-0.2, 0) is 16.2 Å². The van der Waals surface area contributed by atoms with Crippen molar-refractivity contribution >= 4 is 15.8 Å². The van der Waals surface area contributed by atoms with Crippen LogP contribution in [0.5, 0.6) is 0 Å². The molecule has 1 N–H and O–H groups in total. The highest BCUT2D eigenvalue weighted by Crippen LogP contribution is 2.30. The molecule has 0 spiro atoms. The van der Waals surface area contributed by atoms with Crippen molar-refractivity contribution in [2.24, 2.45) is 0 Å². The minimum absolute atomic E-state index is 0.0829. The first-order valence-electron chi connectivity index (χ1n) is 7.19. The molecule has 3 aromatic rings. The molecule has 0 radical (unpaired) electrons. The van der Waals surface area contributed by atoms with E-state index in [0.717, 1.165) is 24.5 Å². The van der Waals surface area contributed by atoms with Gasteiger partial charge in [0.25, 0.3) is 10.0 Å². The van der Waals surface area contributed by atoms with Gasteiger partial charge in [-0.3, -0.25) is 9.29 Å². The Kier molecular flexibility index (Phi) is 4.40. The lowest BCUT2D eigenvalue weighted by Gasteiger charge is -2.11. The first kappa shape index (κ1) is 17.9. The van der Waals surface area contributed by atoms with E-state index in [1.165, 1.54) is 6.07 Å². The predicted octanol–water partition coefficient (Wildman–Crippen LogP) is 2.79. The molecule has 2 aromatic heterocycles. The van der Waals surface area contributed by atoms with Crippen molar-refractivity contribution in [2.45, 2.75) is 18.0 Å². The topological polar surface area (TPSA) is 89.8 Å². The van der Waals surface area contributed by atoms with Gasteiger partial charge in [-0.1, -0.05) is 6.07 Å². The van der Waals surface area contributed by atoms with Crippen molar-refractivity contribution in [2.75, 3.05) is 4.72 Å². The lowest BCUT2D eigenvalue weighted by atomic mass is 10.2. The molecule has 136 valence electrons. The Balaban J connectivity index is 1.92. The second-order valence-electron chi connectivity index (χ2n) is 5.24. The summed E-state index contributed by atoms with van der Waals surface area (Å²) in [6.45, 7) is 1.73. The Morgan fingerprint density at radius 3 is 2.54 bits per heavy atom. The highest BCUT2D eigenvalue weighted by Gasteiger charge is 2.31. The summed E-state index contributed by atoms with van der Waals surface area (Å²) in [6.07, 6.45) is -0.335. The Bertz CT molecular complexity index is 1050. The Hall–Kier alpha value is -2.95. The van der Waals surface area contributed by atoms with Gasteiger partial charge in [-0.05, 0) is 25.1 Å². The molecule has 1 aromatic carbocycles. The zero-order valence-corrected chi connectivity index (χ0v) is 14.1. The Morgan fingerprint density at radius 2 is 1.88 bits per heavy atom. The fourth-order valence-corrected chi connectivity index (χ4v) is 3.24. The highest BCUT2D eigenvalue weighted by molar-refractivity contribution is 7.92. The molecule has 0 fully saturated rings. The summed E-state index contributed by atoms with van der Waals surface area (Å²) in [5, 5.41) is 0. The molecular formula is C15H12F3N5O2S. The van der Waals surface area contributed by atoms with Gasteiger partial charge in [0.15, 0.2) is 0 Å². The van der Waals surface area contributed by atoms with Gasteiger partial charge in [0.2, 0.25) is 0 Å². The number of nitrogens with zero attached hydrogens (tertiary/aromatic N) is 4. The molecule has 0 aliphatic heterocycles. The molecule has 0 saturated carbocycles. The normalized spacial score (nSPS) is 12.2. The van der Waals surface area contributed by atoms with Crippen LogP contribution >= 0.6 is 0 Å². The maximum absolute atomic E-state index is 12.8. The van der Waals surface area contributed by atoms with Crippen LogP contribution in [0.15, 0.2) is 53.9 Å². The quantitative estimate of drug-likeness (QED) is 0.748. The third-order valence-corrected chi connectivity index (χ3v) is 4.79. The molecular weight excluding hydrogens is 371 g/mol. The van der Waals surface area contributed by atoms with Gasteiger partial charge < -0.3 is 0 Å². The van der Waals surface area contributed by atoms with Gasteiger partial charge in [0.1, 0.15) is 23.8 Å². The minimum Gasteiger partial charge on any atom is -0.288 e. The molecule has 0 atom stereocenters. The second kappa shape index (κ2) is 6.41. The molecule has 7 nitrogen and oxygen atoms in total. The number of nitrogens with one attached hydrogen (secondary N) is 1. The fraction of sp³-hybridized carbons (Fsp3) is 0.133. The largest absolute Gasteiger partial charge is 0.416 e. The number of halogens is 3. The van der Waals surface area contributed by atoms with Gasteiger partial charge in [-0.2, -0.15) is 13.2 Å². The van der Waals surface area contributed by atoms with Gasteiger partial charge in [0, 0.05) is 18.5 Å². The van der Waals surface area contributed by atoms with E-state index < -0.39 is 26.7 Å². The van der Waals surface area contributed by atoms with E-state index in [-0.39, 0.29) is 5.82 Å². The lowest BCUT2D eigenvalue weighted by molar-refractivity contribution is -0.137. The van der Waals surface area contributed by atoms with Crippen LogP contribution in [0.3, 0.4) is 0 Å². The maximum Gasteiger partial charge on any atom is 0.416 e. The summed E-state index contributed by atoms with van der Waals surface area (Å²) in [6, 6.07) is 4.80. The van der Waals surface area contributed by atoms with Crippen LogP contribution in [0, 0.1) is 6.92 Å². The molecule has 0 unspecified atom stereocenters. The van der Waals surface area contributed by atoms with E-state index in [2.05, 4.69) is 19.7 Å². The van der Waals surface area contributed by atoms with Crippen LogP contribution < -0.4 is 4.72 Å². The van der Waals surface area contributed by atoms with Gasteiger partial charge >= 0.3 is 6.18 Å². The summed E-state index contributed by atoms with van der Waals surface area (Å²) < 4.78 is 66.9. The van der Waals surface area contributed by atoms with Crippen LogP contribution in [0.2, 0.25) is 0 Å². The van der Waals surface area contributed by atoms with Gasteiger partial charge in [-0.25, -0.2) is 23.4 Å². The maximum atomic E-state index is 12.8. The molecule has 11 heteroatoms. The minimum atomic E-state index is -4.65. The standard InChI is InChI=1S/C15H12F3N5O2S/c1-10-19-5-6-23(10)14-8-13(20-9-21-14)22-26(24,25)12-4-2-3-11(7-12)15(16,17)18/h2-9H,1H3,(H,20,21,22). The summed E-state index contributed by atoms with van der Waals surface area (Å²) in [5.41, 5.74) is -1.06. The lowest BCUT2D eigenvalue weighted by Crippen LogP contribution is -2.16. The number of benzene rings is 1. The first-order chi connectivity index (χ1) is 12.2. The van der Waals surface area contributed by atoms with E-state index in [1.54, 1.807) is 23.9 Å². The zero-order valence-electron chi connectivity index (χ0n) is 13.3. The smallest absolute Gasteiger partial charge is 0.288 e. The number of hydrogen-bond acceptors (Lipinski definition) is 5. The summed E-state index contributed by atoms with van der Waals surface area (Å²) >= 11 is 0. The number of aryl methyl sites for hydroxylation is 1. The molecule has 0 amide bonds. The number of alkyl halides is 3. The number of anilines is 1. The third-order valence-electron chi connectivity index (χ3n) is 3.44. The number of hydrogen-bond donors (Lipinski definition) is 1. The molecule has 0 saturated heterocycles. The molecule has 3 rings (SSSR count). The van der Waals surface area contributed by atoms with Crippen molar-refractivity contribution in [3.63, 3.8) is 0 Å². The Labute approximate surface area is 146 Å². The molecule has 26 heavy (non-hydrogen) atoms. The molecule has 0 bridgehead atoms. The second-order valence-corrected chi connectivity index (χ2v) is 6.92. The Morgan fingerprint density at radius 1 is 1.12 bits per heavy atom. The van der Waals surface area contributed by atoms with Crippen molar-refractivity contribution in [1.82, 2.24) is 19.5 Å². The zero-order chi connectivity index (χ0) is 18.9. The van der Waals surface area contributed by atoms with Crippen molar-refractivity contribution < 1.29 is 21.6 Å². The average molecular weight is 383 g/mol. The van der Waals surface area contributed by atoms with Crippen LogP contribution in [0.1, 0.15) is 11.4 Å². The van der Waals surface area contributed by atoms with E-state index in [9.17, 15) is 21.6 Å². The van der Waals surface area contributed by atoms with Crippen LogP contribution in [0.4, 0.5) is 19.0 Å². The number of aromatic nitrogens is 4. The molecule has 0 aliphatic rings. The van der Waals surface area contributed by atoms with Crippen molar-refractivity contribution in [1.29, 1.82) is 0 Å². The number of sulfonamides is 1. The van der Waals surface area contributed by atoms with E-state index in [1.807, 2.05) is 0 Å².